The van der Waals surface area contributed by atoms with Crippen LogP contribution >= 0.6 is 0 Å². The van der Waals surface area contributed by atoms with Gasteiger partial charge in [-0.2, -0.15) is 0 Å². The molecular formula is C24H30N4O5. The van der Waals surface area contributed by atoms with Crippen molar-refractivity contribution >= 4 is 17.0 Å². The van der Waals surface area contributed by atoms with E-state index in [2.05, 4.69) is 20.4 Å². The first-order valence-electron chi connectivity index (χ1n) is 11.5. The summed E-state index contributed by atoms with van der Waals surface area (Å²) in [7, 11) is 0. The van der Waals surface area contributed by atoms with E-state index >= 15 is 0 Å². The summed E-state index contributed by atoms with van der Waals surface area (Å²) in [6.45, 7) is 10.8. The number of amides is 1. The molecule has 176 valence electrons. The molecule has 9 nitrogen and oxygen atoms in total. The van der Waals surface area contributed by atoms with E-state index in [4.69, 9.17) is 18.4 Å². The molecule has 0 bridgehead atoms. The number of furan rings is 1. The average molecular weight is 455 g/mol. The van der Waals surface area contributed by atoms with Gasteiger partial charge in [0.1, 0.15) is 11.5 Å². The number of carbonyl (C=O) groups is 1. The van der Waals surface area contributed by atoms with Crippen molar-refractivity contribution in [2.45, 2.75) is 33.2 Å². The van der Waals surface area contributed by atoms with Gasteiger partial charge in [0.15, 0.2) is 0 Å². The second-order valence-electron chi connectivity index (χ2n) is 8.88. The summed E-state index contributed by atoms with van der Waals surface area (Å²) in [5.41, 5.74) is 2.97. The summed E-state index contributed by atoms with van der Waals surface area (Å²) in [5.74, 6) is 1.77. The molecule has 0 aromatic carbocycles. The molecule has 1 amide bonds. The Hall–Kier alpha value is -2.75. The molecule has 5 heterocycles. The highest BCUT2D eigenvalue weighted by atomic mass is 16.5. The molecule has 3 aromatic heterocycles. The predicted molar refractivity (Wildman–Crippen MR) is 121 cm³/mol. The van der Waals surface area contributed by atoms with Crippen molar-refractivity contribution in [1.29, 1.82) is 0 Å². The highest BCUT2D eigenvalue weighted by Gasteiger charge is 2.32. The summed E-state index contributed by atoms with van der Waals surface area (Å²) in [4.78, 5) is 20.5. The van der Waals surface area contributed by atoms with Crippen LogP contribution in [0.1, 0.15) is 34.0 Å². The number of morpholine rings is 1. The lowest BCUT2D eigenvalue weighted by Gasteiger charge is -2.37. The average Bonchev–Trinajstić information content (AvgIpc) is 3.55. The molecule has 2 saturated heterocycles. The Balaban J connectivity index is 1.43. The molecule has 2 aliphatic rings. The number of nitrogens with one attached hydrogen (secondary N) is 1. The van der Waals surface area contributed by atoms with Gasteiger partial charge in [-0.15, -0.1) is 0 Å². The molecule has 33 heavy (non-hydrogen) atoms. The highest BCUT2D eigenvalue weighted by molar-refractivity contribution is 6.07. The zero-order valence-electron chi connectivity index (χ0n) is 19.3. The van der Waals surface area contributed by atoms with Crippen LogP contribution in [-0.2, 0) is 9.47 Å². The van der Waals surface area contributed by atoms with Crippen molar-refractivity contribution in [3.05, 3.63) is 34.9 Å². The van der Waals surface area contributed by atoms with Crippen molar-refractivity contribution in [3.8, 4) is 11.3 Å². The molecule has 3 aromatic rings. The van der Waals surface area contributed by atoms with Crippen molar-refractivity contribution in [3.63, 3.8) is 0 Å². The van der Waals surface area contributed by atoms with Gasteiger partial charge in [0.05, 0.1) is 42.2 Å². The Morgan fingerprint density at radius 1 is 1.18 bits per heavy atom. The van der Waals surface area contributed by atoms with Crippen LogP contribution in [0.2, 0.25) is 0 Å². The number of hydrogen-bond donors (Lipinski definition) is 1. The third-order valence-corrected chi connectivity index (χ3v) is 6.67. The SMILES string of the molecule is Cc1cc(-c2cc(C(=O)NCC(C3CCOC3)N3CCOCC3)c3c(C)noc3n2)c(C)o1. The topological polar surface area (TPSA) is 103 Å². The maximum atomic E-state index is 13.5. The lowest BCUT2D eigenvalue weighted by Crippen LogP contribution is -2.52. The van der Waals surface area contributed by atoms with Crippen LogP contribution < -0.4 is 5.32 Å². The summed E-state index contributed by atoms with van der Waals surface area (Å²) in [6, 6.07) is 3.93. The summed E-state index contributed by atoms with van der Waals surface area (Å²) in [6.07, 6.45) is 1.01. The van der Waals surface area contributed by atoms with Crippen LogP contribution in [0, 0.1) is 26.7 Å². The summed E-state index contributed by atoms with van der Waals surface area (Å²) < 4.78 is 22.3. The number of hydrogen-bond acceptors (Lipinski definition) is 8. The van der Waals surface area contributed by atoms with Crippen molar-refractivity contribution in [1.82, 2.24) is 20.4 Å². The summed E-state index contributed by atoms with van der Waals surface area (Å²) >= 11 is 0. The Morgan fingerprint density at radius 3 is 2.70 bits per heavy atom. The van der Waals surface area contributed by atoms with E-state index in [1.165, 1.54) is 0 Å². The van der Waals surface area contributed by atoms with E-state index in [1.54, 1.807) is 0 Å². The minimum Gasteiger partial charge on any atom is -0.466 e. The van der Waals surface area contributed by atoms with Crippen LogP contribution in [0.15, 0.2) is 21.1 Å². The maximum absolute atomic E-state index is 13.5. The van der Waals surface area contributed by atoms with Gasteiger partial charge in [-0.1, -0.05) is 5.16 Å². The van der Waals surface area contributed by atoms with Crippen LogP contribution in [0.5, 0.6) is 0 Å². The first-order chi connectivity index (χ1) is 16.0. The quantitative estimate of drug-likeness (QED) is 0.607. The lowest BCUT2D eigenvalue weighted by atomic mass is 9.96. The van der Waals surface area contributed by atoms with Crippen molar-refractivity contribution in [2.75, 3.05) is 46.1 Å². The molecule has 0 radical (unpaired) electrons. The summed E-state index contributed by atoms with van der Waals surface area (Å²) in [5, 5.41) is 7.88. The Labute approximate surface area is 192 Å². The maximum Gasteiger partial charge on any atom is 0.259 e. The number of fused-ring (bicyclic) bond motifs is 1. The van der Waals surface area contributed by atoms with Crippen molar-refractivity contribution < 1.29 is 23.2 Å². The van der Waals surface area contributed by atoms with Crippen LogP contribution in [0.4, 0.5) is 0 Å². The lowest BCUT2D eigenvalue weighted by molar-refractivity contribution is 0.00167. The minimum atomic E-state index is -0.162. The normalized spacial score (nSPS) is 20.4. The van der Waals surface area contributed by atoms with Gasteiger partial charge in [-0.3, -0.25) is 9.69 Å². The monoisotopic (exact) mass is 454 g/mol. The van der Waals surface area contributed by atoms with E-state index in [9.17, 15) is 4.79 Å². The smallest absolute Gasteiger partial charge is 0.259 e. The molecule has 0 saturated carbocycles. The molecule has 5 rings (SSSR count). The van der Waals surface area contributed by atoms with Crippen molar-refractivity contribution in [2.24, 2.45) is 5.92 Å². The number of ether oxygens (including phenoxy) is 2. The van der Waals surface area contributed by atoms with Gasteiger partial charge in [0, 0.05) is 43.8 Å². The predicted octanol–water partition coefficient (Wildman–Crippen LogP) is 2.88. The number of rotatable bonds is 6. The van der Waals surface area contributed by atoms with E-state index in [1.807, 2.05) is 32.9 Å². The molecule has 9 heteroatoms. The van der Waals surface area contributed by atoms with Gasteiger partial charge in [0.2, 0.25) is 0 Å². The zero-order chi connectivity index (χ0) is 22.9. The number of pyridine rings is 1. The number of carbonyl (C=O) groups excluding carboxylic acids is 1. The van der Waals surface area contributed by atoms with Crippen LogP contribution in [0.3, 0.4) is 0 Å². The van der Waals surface area contributed by atoms with E-state index < -0.39 is 0 Å². The minimum absolute atomic E-state index is 0.162. The second kappa shape index (κ2) is 9.24. The Morgan fingerprint density at radius 2 is 2.00 bits per heavy atom. The van der Waals surface area contributed by atoms with Gasteiger partial charge in [-0.25, -0.2) is 4.98 Å². The molecule has 2 aliphatic heterocycles. The van der Waals surface area contributed by atoms with E-state index in [-0.39, 0.29) is 11.9 Å². The van der Waals surface area contributed by atoms with Gasteiger partial charge < -0.3 is 23.7 Å². The number of nitrogens with zero attached hydrogens (tertiary/aromatic N) is 3. The fraction of sp³-hybridized carbons (Fsp3) is 0.542. The fourth-order valence-corrected chi connectivity index (χ4v) is 4.95. The number of aryl methyl sites for hydroxylation is 3. The molecule has 1 N–H and O–H groups in total. The second-order valence-corrected chi connectivity index (χ2v) is 8.88. The third kappa shape index (κ3) is 4.40. The van der Waals surface area contributed by atoms with Gasteiger partial charge >= 0.3 is 0 Å². The number of aromatic nitrogens is 2. The van der Waals surface area contributed by atoms with Gasteiger partial charge in [0.25, 0.3) is 11.6 Å². The Bertz CT molecular complexity index is 1140. The molecule has 2 atom stereocenters. The third-order valence-electron chi connectivity index (χ3n) is 6.67. The van der Waals surface area contributed by atoms with E-state index in [0.717, 1.165) is 63.0 Å². The first-order valence-corrected chi connectivity index (χ1v) is 11.5. The zero-order valence-corrected chi connectivity index (χ0v) is 19.3. The standard InChI is InChI=1S/C24H30N4O5/c1-14-10-18(16(3)32-14)20-11-19(22-15(2)27-33-24(22)26-20)23(29)25-12-21(17-4-7-31-13-17)28-5-8-30-9-6-28/h10-11,17,21H,4-9,12-13H2,1-3H3,(H,25,29). The fourth-order valence-electron chi connectivity index (χ4n) is 4.95. The largest absolute Gasteiger partial charge is 0.466 e. The molecule has 0 aliphatic carbocycles. The van der Waals surface area contributed by atoms with Gasteiger partial charge in [-0.05, 0) is 39.3 Å². The highest BCUT2D eigenvalue weighted by Crippen LogP contribution is 2.30. The van der Waals surface area contributed by atoms with E-state index in [0.29, 0.717) is 40.5 Å². The molecule has 2 fully saturated rings. The van der Waals surface area contributed by atoms with Crippen LogP contribution in [0.25, 0.3) is 22.4 Å². The molecular weight excluding hydrogens is 424 g/mol. The Kier molecular flexibility index (Phi) is 6.18. The first kappa shape index (κ1) is 22.1. The molecule has 2 unspecified atom stereocenters. The molecule has 0 spiro atoms. The van der Waals surface area contributed by atoms with Crippen LogP contribution in [-0.4, -0.2) is 73.1 Å².